The molecular weight excluding hydrogens is 500 g/mol. The molecule has 0 amide bonds. The zero-order valence-corrected chi connectivity index (χ0v) is 15.9. The molecule has 9 heteroatoms. The van der Waals surface area contributed by atoms with Gasteiger partial charge in [0.25, 0.3) is 0 Å². The van der Waals surface area contributed by atoms with Crippen molar-refractivity contribution in [1.29, 1.82) is 0 Å². The fourth-order valence-electron chi connectivity index (χ4n) is 2.82. The third-order valence-corrected chi connectivity index (χ3v) is 8.29. The van der Waals surface area contributed by atoms with Crippen LogP contribution in [0, 0.1) is 3.70 Å². The number of alkyl halides is 1. The number of hydrogen-bond donors (Lipinski definition) is 2. The van der Waals surface area contributed by atoms with Crippen LogP contribution in [0.15, 0.2) is 6.33 Å². The monoisotopic (exact) mass is 517 g/mol. The molecule has 0 saturated heterocycles. The number of rotatable bonds is 3. The number of nitrogens with two attached hydrogens (primary N) is 1. The molecule has 2 heterocycles. The SMILES string of the molecule is COI(O)C1CCC(c2nc(I)c3c(N)ncnn23)CC1. The van der Waals surface area contributed by atoms with Crippen molar-refractivity contribution in [2.75, 3.05) is 12.8 Å². The number of aromatic nitrogens is 4. The third kappa shape index (κ3) is 2.97. The summed E-state index contributed by atoms with van der Waals surface area (Å²) in [6.45, 7) is 0. The summed E-state index contributed by atoms with van der Waals surface area (Å²) in [6.07, 6.45) is 5.46. The van der Waals surface area contributed by atoms with Crippen LogP contribution in [-0.4, -0.2) is 34.1 Å². The average molecular weight is 517 g/mol. The summed E-state index contributed by atoms with van der Waals surface area (Å²) < 4.78 is 18.1. The molecular formula is C12H17I2N5O2. The fourth-order valence-corrected chi connectivity index (χ4v) is 6.08. The Morgan fingerprint density at radius 2 is 2.14 bits per heavy atom. The molecule has 3 N–H and O–H groups in total. The van der Waals surface area contributed by atoms with Gasteiger partial charge in [-0.05, 0) is 0 Å². The van der Waals surface area contributed by atoms with Crippen LogP contribution in [0.5, 0.6) is 0 Å². The Kier molecular flexibility index (Phi) is 4.81. The minimum absolute atomic E-state index is 0.354. The van der Waals surface area contributed by atoms with E-state index in [-0.39, 0.29) is 0 Å². The molecule has 7 nitrogen and oxygen atoms in total. The molecule has 0 aromatic carbocycles. The summed E-state index contributed by atoms with van der Waals surface area (Å²) in [6, 6.07) is 0. The van der Waals surface area contributed by atoms with Crippen molar-refractivity contribution in [1.82, 2.24) is 19.6 Å². The van der Waals surface area contributed by atoms with Gasteiger partial charge in [-0.1, -0.05) is 0 Å². The quantitative estimate of drug-likeness (QED) is 0.480. The molecule has 3 rings (SSSR count). The maximum atomic E-state index is 9.93. The Balaban J connectivity index is 1.85. The van der Waals surface area contributed by atoms with Gasteiger partial charge in [-0.25, -0.2) is 0 Å². The Morgan fingerprint density at radius 1 is 1.43 bits per heavy atom. The average Bonchev–Trinajstić information content (AvgIpc) is 2.85. The standard InChI is InChI=1S/C12H17I2N5O2/c1-21-14(20)8-4-2-7(3-5-8)12-18-10(13)9-11(15)16-6-17-19(9)12/h6-8,20H,2-5H2,1H3,(H2,15,16,17). The van der Waals surface area contributed by atoms with Gasteiger partial charge in [0.2, 0.25) is 0 Å². The van der Waals surface area contributed by atoms with Crippen LogP contribution in [0.1, 0.15) is 37.4 Å². The predicted octanol–water partition coefficient (Wildman–Crippen LogP) is 2.31. The van der Waals surface area contributed by atoms with Gasteiger partial charge in [0.15, 0.2) is 0 Å². The van der Waals surface area contributed by atoms with Crippen LogP contribution >= 0.6 is 43.2 Å². The van der Waals surface area contributed by atoms with E-state index in [0.717, 1.165) is 40.7 Å². The predicted molar refractivity (Wildman–Crippen MR) is 96.2 cm³/mol. The first-order valence-corrected chi connectivity index (χ1v) is 10.9. The molecule has 2 aromatic heterocycles. The van der Waals surface area contributed by atoms with E-state index in [1.54, 1.807) is 7.11 Å². The first kappa shape index (κ1) is 15.6. The van der Waals surface area contributed by atoms with E-state index < -0.39 is 20.6 Å². The second-order valence-corrected chi connectivity index (χ2v) is 10.1. The molecule has 1 saturated carbocycles. The number of nitrogens with zero attached hydrogens (tertiary/aromatic N) is 4. The van der Waals surface area contributed by atoms with Gasteiger partial charge in [0, 0.05) is 0 Å². The Morgan fingerprint density at radius 3 is 2.81 bits per heavy atom. The van der Waals surface area contributed by atoms with Gasteiger partial charge < -0.3 is 0 Å². The fraction of sp³-hybridized carbons (Fsp3) is 0.583. The Hall–Kier alpha value is -0.270. The Labute approximate surface area is 144 Å². The van der Waals surface area contributed by atoms with Gasteiger partial charge in [-0.2, -0.15) is 0 Å². The summed E-state index contributed by atoms with van der Waals surface area (Å²) in [5.41, 5.74) is 6.71. The molecule has 0 aliphatic heterocycles. The van der Waals surface area contributed by atoms with Crippen LogP contribution in [0.3, 0.4) is 0 Å². The van der Waals surface area contributed by atoms with E-state index in [0.29, 0.717) is 15.7 Å². The summed E-state index contributed by atoms with van der Waals surface area (Å²) in [5.74, 6) is 1.77. The number of hydrogen-bond acceptors (Lipinski definition) is 6. The van der Waals surface area contributed by atoms with Crippen molar-refractivity contribution in [3.63, 3.8) is 0 Å². The van der Waals surface area contributed by atoms with Gasteiger partial charge in [-0.15, -0.1) is 0 Å². The van der Waals surface area contributed by atoms with E-state index in [4.69, 9.17) is 8.80 Å². The molecule has 0 spiro atoms. The number of nitrogen functional groups attached to an aromatic ring is 1. The van der Waals surface area contributed by atoms with Gasteiger partial charge in [0.1, 0.15) is 0 Å². The van der Waals surface area contributed by atoms with Crippen molar-refractivity contribution in [2.24, 2.45) is 0 Å². The van der Waals surface area contributed by atoms with Crippen molar-refractivity contribution >= 4 is 54.6 Å². The van der Waals surface area contributed by atoms with Crippen LogP contribution in [0.25, 0.3) is 5.52 Å². The summed E-state index contributed by atoms with van der Waals surface area (Å²) in [4.78, 5) is 8.68. The first-order valence-electron chi connectivity index (χ1n) is 6.68. The van der Waals surface area contributed by atoms with Crippen molar-refractivity contribution in [3.8, 4) is 0 Å². The topological polar surface area (TPSA) is 98.6 Å². The van der Waals surface area contributed by atoms with Gasteiger partial charge in [-0.3, -0.25) is 0 Å². The molecule has 0 unspecified atom stereocenters. The zero-order valence-electron chi connectivity index (χ0n) is 11.5. The number of imidazole rings is 1. The van der Waals surface area contributed by atoms with Crippen LogP contribution in [0.4, 0.5) is 5.82 Å². The third-order valence-electron chi connectivity index (χ3n) is 3.89. The summed E-state index contributed by atoms with van der Waals surface area (Å²) >= 11 is -0.00556. The van der Waals surface area contributed by atoms with Crippen molar-refractivity contribution in [2.45, 2.75) is 35.5 Å². The Bertz CT molecular complexity index is 642. The summed E-state index contributed by atoms with van der Waals surface area (Å²) in [7, 11) is 1.61. The van der Waals surface area contributed by atoms with E-state index in [1.165, 1.54) is 6.33 Å². The van der Waals surface area contributed by atoms with Crippen molar-refractivity contribution < 1.29 is 6.50 Å². The molecule has 0 atom stereocenters. The second kappa shape index (κ2) is 6.46. The summed E-state index contributed by atoms with van der Waals surface area (Å²) in [5, 5.41) is 4.30. The van der Waals surface area contributed by atoms with Crippen LogP contribution in [0.2, 0.25) is 0 Å². The molecule has 2 aromatic rings. The molecule has 1 aliphatic carbocycles. The van der Waals surface area contributed by atoms with Crippen LogP contribution in [-0.2, 0) is 3.07 Å². The molecule has 1 fully saturated rings. The van der Waals surface area contributed by atoms with E-state index in [9.17, 15) is 3.44 Å². The van der Waals surface area contributed by atoms with Gasteiger partial charge >= 0.3 is 145 Å². The molecule has 0 radical (unpaired) electrons. The van der Waals surface area contributed by atoms with Gasteiger partial charge in [0.05, 0.1) is 0 Å². The molecule has 1 aliphatic rings. The number of anilines is 1. The molecule has 116 valence electrons. The normalized spacial score (nSPS) is 23.5. The molecule has 21 heavy (non-hydrogen) atoms. The first-order chi connectivity index (χ1) is 10.1. The zero-order chi connectivity index (χ0) is 15.0. The molecule has 0 bridgehead atoms. The second-order valence-electron chi connectivity index (χ2n) is 5.03. The van der Waals surface area contributed by atoms with E-state index >= 15 is 0 Å². The maximum absolute atomic E-state index is 9.93. The van der Waals surface area contributed by atoms with E-state index in [1.807, 2.05) is 4.52 Å². The van der Waals surface area contributed by atoms with Crippen LogP contribution < -0.4 is 5.73 Å². The number of fused-ring (bicyclic) bond motifs is 1. The minimum atomic E-state index is -2.18. The van der Waals surface area contributed by atoms with Crippen molar-refractivity contribution in [3.05, 3.63) is 15.9 Å². The number of halogens is 2. The van der Waals surface area contributed by atoms with E-state index in [2.05, 4.69) is 37.7 Å².